The molecular weight excluding hydrogens is 356 g/mol. The lowest BCUT2D eigenvalue weighted by Crippen LogP contribution is -2.36. The Morgan fingerprint density at radius 1 is 1.04 bits per heavy atom. The number of hydrogen-bond acceptors (Lipinski definition) is 6. The van der Waals surface area contributed by atoms with Crippen LogP contribution in [-0.4, -0.2) is 33.9 Å². The molecule has 3 rings (SSSR count). The third-order valence-corrected chi connectivity index (χ3v) is 4.92. The highest BCUT2D eigenvalue weighted by atomic mass is 32.2. The van der Waals surface area contributed by atoms with Gasteiger partial charge in [-0.1, -0.05) is 23.9 Å². The summed E-state index contributed by atoms with van der Waals surface area (Å²) in [7, 11) is 1.25. The topological polar surface area (TPSA) is 95.9 Å². The van der Waals surface area contributed by atoms with E-state index in [1.165, 1.54) is 7.05 Å². The van der Waals surface area contributed by atoms with Crippen molar-refractivity contribution < 1.29 is 24.7 Å². The highest BCUT2D eigenvalue weighted by molar-refractivity contribution is 8.15. The highest BCUT2D eigenvalue weighted by Crippen LogP contribution is 2.24. The summed E-state index contributed by atoms with van der Waals surface area (Å²) in [4.78, 5) is 21.6. The van der Waals surface area contributed by atoms with Gasteiger partial charge in [-0.3, -0.25) is 14.9 Å². The number of hydroxylamine groups is 2. The predicted octanol–water partition coefficient (Wildman–Crippen LogP) is 2.88. The summed E-state index contributed by atoms with van der Waals surface area (Å²) in [5.74, 6) is 0.437. The van der Waals surface area contributed by atoms with E-state index in [0.29, 0.717) is 24.5 Å². The lowest BCUT2D eigenvalue weighted by Gasteiger charge is -2.15. The van der Waals surface area contributed by atoms with Gasteiger partial charge in [0.15, 0.2) is 5.69 Å². The summed E-state index contributed by atoms with van der Waals surface area (Å²) in [6, 6.07) is 14.1. The fraction of sp³-hybridized carbons (Fsp3) is 0.222. The van der Waals surface area contributed by atoms with Crippen molar-refractivity contribution in [2.75, 3.05) is 7.05 Å². The van der Waals surface area contributed by atoms with Crippen molar-refractivity contribution >= 4 is 28.6 Å². The molecule has 2 aromatic carbocycles. The van der Waals surface area contributed by atoms with E-state index >= 15 is 0 Å². The van der Waals surface area contributed by atoms with Crippen LogP contribution in [0.3, 0.4) is 0 Å². The van der Waals surface area contributed by atoms with Gasteiger partial charge in [-0.2, -0.15) is 10.4 Å². The van der Waals surface area contributed by atoms with Gasteiger partial charge in [0.1, 0.15) is 19.4 Å². The van der Waals surface area contributed by atoms with Crippen LogP contribution < -0.4 is 14.9 Å². The predicted molar refractivity (Wildman–Crippen MR) is 97.1 cm³/mol. The van der Waals surface area contributed by atoms with E-state index in [4.69, 9.17) is 4.74 Å². The van der Waals surface area contributed by atoms with Gasteiger partial charge in [0, 0.05) is 12.1 Å². The molecule has 0 radical (unpaired) electrons. The summed E-state index contributed by atoms with van der Waals surface area (Å²) in [6.45, 7) is 0.343. The third kappa shape index (κ3) is 4.61. The SMILES string of the molecule is C[N+](O)(O)c1ccc(COc2ccc(CC3SC(=O)NC3=O)cc2)cc1. The van der Waals surface area contributed by atoms with E-state index in [1.54, 1.807) is 24.3 Å². The van der Waals surface area contributed by atoms with Gasteiger partial charge in [0.05, 0.1) is 5.25 Å². The molecule has 136 valence electrons. The molecule has 0 aromatic heterocycles. The van der Waals surface area contributed by atoms with Crippen molar-refractivity contribution in [2.24, 2.45) is 0 Å². The first kappa shape index (κ1) is 18.4. The lowest BCUT2D eigenvalue weighted by molar-refractivity contribution is -0.272. The molecule has 1 unspecified atom stereocenters. The zero-order valence-electron chi connectivity index (χ0n) is 14.1. The standard InChI is InChI=1S/C18H18N2O5S/c1-20(23,24)14-6-2-13(3-7-14)11-25-15-8-4-12(5-9-15)10-16-17(21)19-18(22)26-16/h2-9,16,23-24H,10-11H2,1H3/p+1. The molecule has 1 aliphatic rings. The van der Waals surface area contributed by atoms with Crippen molar-refractivity contribution in [3.05, 3.63) is 59.7 Å². The second-order valence-electron chi connectivity index (χ2n) is 6.10. The molecule has 0 spiro atoms. The number of quaternary nitrogens is 1. The van der Waals surface area contributed by atoms with Gasteiger partial charge in [-0.15, -0.1) is 0 Å². The first-order valence-corrected chi connectivity index (χ1v) is 8.84. The number of benzene rings is 2. The van der Waals surface area contributed by atoms with Crippen LogP contribution in [0.5, 0.6) is 5.75 Å². The molecule has 8 heteroatoms. The molecular formula is C18H19N2O5S+. The van der Waals surface area contributed by atoms with Crippen LogP contribution in [0.25, 0.3) is 0 Å². The van der Waals surface area contributed by atoms with Crippen molar-refractivity contribution in [3.8, 4) is 5.75 Å². The Labute approximate surface area is 154 Å². The molecule has 1 aliphatic heterocycles. The summed E-state index contributed by atoms with van der Waals surface area (Å²) in [5.41, 5.74) is 2.20. The Hall–Kier alpha value is -2.39. The molecule has 1 heterocycles. The monoisotopic (exact) mass is 375 g/mol. The average molecular weight is 375 g/mol. The van der Waals surface area contributed by atoms with Crippen LogP contribution in [0.15, 0.2) is 48.5 Å². The van der Waals surface area contributed by atoms with Crippen LogP contribution in [0, 0.1) is 0 Å². The van der Waals surface area contributed by atoms with Gasteiger partial charge in [0.2, 0.25) is 5.91 Å². The first-order chi connectivity index (χ1) is 12.3. The zero-order chi connectivity index (χ0) is 18.7. The van der Waals surface area contributed by atoms with Crippen LogP contribution in [-0.2, 0) is 17.8 Å². The number of hydrogen-bond donors (Lipinski definition) is 3. The minimum absolute atomic E-state index is 0.246. The van der Waals surface area contributed by atoms with Gasteiger partial charge in [-0.25, -0.2) is 0 Å². The summed E-state index contributed by atoms with van der Waals surface area (Å²) < 4.78 is 5.71. The number of nitrogens with zero attached hydrogens (tertiary/aromatic N) is 1. The largest absolute Gasteiger partial charge is 0.489 e. The minimum Gasteiger partial charge on any atom is -0.489 e. The molecule has 0 saturated carbocycles. The Morgan fingerprint density at radius 3 is 2.19 bits per heavy atom. The third-order valence-electron chi connectivity index (χ3n) is 3.94. The molecule has 1 atom stereocenters. The van der Waals surface area contributed by atoms with Gasteiger partial charge < -0.3 is 4.74 Å². The van der Waals surface area contributed by atoms with E-state index in [-0.39, 0.29) is 16.4 Å². The summed E-state index contributed by atoms with van der Waals surface area (Å²) >= 11 is 1.02. The van der Waals surface area contributed by atoms with E-state index in [1.807, 2.05) is 24.3 Å². The number of nitrogens with one attached hydrogen (secondary N) is 1. The second-order valence-corrected chi connectivity index (χ2v) is 7.27. The van der Waals surface area contributed by atoms with Crippen LogP contribution in [0.2, 0.25) is 0 Å². The van der Waals surface area contributed by atoms with Gasteiger partial charge in [0.25, 0.3) is 5.24 Å². The van der Waals surface area contributed by atoms with E-state index in [0.717, 1.165) is 22.9 Å². The molecule has 1 fully saturated rings. The normalized spacial score (nSPS) is 17.3. The van der Waals surface area contributed by atoms with Crippen LogP contribution in [0.4, 0.5) is 10.5 Å². The zero-order valence-corrected chi connectivity index (χ0v) is 14.9. The van der Waals surface area contributed by atoms with Crippen molar-refractivity contribution in [3.63, 3.8) is 0 Å². The van der Waals surface area contributed by atoms with Gasteiger partial charge in [-0.05, 0) is 46.6 Å². The lowest BCUT2D eigenvalue weighted by atomic mass is 10.1. The number of imide groups is 1. The number of carbonyl (C=O) groups is 2. The fourth-order valence-corrected chi connectivity index (χ4v) is 3.36. The highest BCUT2D eigenvalue weighted by Gasteiger charge is 2.31. The maximum absolute atomic E-state index is 11.6. The van der Waals surface area contributed by atoms with Gasteiger partial charge >= 0.3 is 0 Å². The number of thioether (sulfide) groups is 1. The Kier molecular flexibility index (Phi) is 5.28. The molecule has 1 saturated heterocycles. The molecule has 7 nitrogen and oxygen atoms in total. The quantitative estimate of drug-likeness (QED) is 0.531. The van der Waals surface area contributed by atoms with Crippen LogP contribution >= 0.6 is 11.8 Å². The Morgan fingerprint density at radius 2 is 1.65 bits per heavy atom. The number of amides is 2. The van der Waals surface area contributed by atoms with Crippen LogP contribution in [0.1, 0.15) is 11.1 Å². The van der Waals surface area contributed by atoms with Crippen molar-refractivity contribution in [2.45, 2.75) is 18.3 Å². The van der Waals surface area contributed by atoms with Crippen molar-refractivity contribution in [1.82, 2.24) is 10.1 Å². The molecule has 2 aromatic rings. The maximum Gasteiger partial charge on any atom is 0.286 e. The molecule has 3 N–H and O–H groups in total. The number of carbonyl (C=O) groups excluding carboxylic acids is 2. The fourth-order valence-electron chi connectivity index (χ4n) is 2.50. The van der Waals surface area contributed by atoms with E-state index in [9.17, 15) is 20.0 Å². The Balaban J connectivity index is 1.54. The van der Waals surface area contributed by atoms with E-state index in [2.05, 4.69) is 5.32 Å². The average Bonchev–Trinajstić information content (AvgIpc) is 2.91. The number of rotatable bonds is 6. The number of ether oxygens (including phenoxy) is 1. The summed E-state index contributed by atoms with van der Waals surface area (Å²) in [6.07, 6.45) is 0.489. The van der Waals surface area contributed by atoms with E-state index < -0.39 is 4.81 Å². The smallest absolute Gasteiger partial charge is 0.286 e. The second kappa shape index (κ2) is 7.46. The molecule has 0 bridgehead atoms. The minimum atomic E-state index is -1.22. The molecule has 26 heavy (non-hydrogen) atoms. The van der Waals surface area contributed by atoms with Crippen molar-refractivity contribution in [1.29, 1.82) is 0 Å². The molecule has 2 amide bonds. The first-order valence-electron chi connectivity index (χ1n) is 7.96. The molecule has 0 aliphatic carbocycles. The summed E-state index contributed by atoms with van der Waals surface area (Å²) in [5, 5.41) is 20.5. The maximum atomic E-state index is 11.6. The Bertz CT molecular complexity index is 800.